The molecule has 1 fully saturated rings. The Bertz CT molecular complexity index is 1130. The summed E-state index contributed by atoms with van der Waals surface area (Å²) >= 11 is 0. The number of nitrogens with zero attached hydrogens (tertiary/aromatic N) is 3. The van der Waals surface area contributed by atoms with Gasteiger partial charge in [0, 0.05) is 48.7 Å². The summed E-state index contributed by atoms with van der Waals surface area (Å²) < 4.78 is 10.7. The zero-order chi connectivity index (χ0) is 22.6. The minimum atomic E-state index is -0.0782. The van der Waals surface area contributed by atoms with Crippen molar-refractivity contribution in [3.8, 4) is 22.9 Å². The number of fused-ring (bicyclic) bond motifs is 1. The maximum absolute atomic E-state index is 12.6. The van der Waals surface area contributed by atoms with Crippen LogP contribution in [0.25, 0.3) is 11.4 Å². The van der Waals surface area contributed by atoms with Crippen molar-refractivity contribution in [2.45, 2.75) is 26.3 Å². The number of carbonyl (C=O) groups excluding carboxylic acids is 1. The molecule has 0 spiro atoms. The maximum Gasteiger partial charge on any atom is 0.251 e. The Labute approximate surface area is 193 Å². The van der Waals surface area contributed by atoms with Gasteiger partial charge in [-0.25, -0.2) is 9.97 Å². The van der Waals surface area contributed by atoms with Gasteiger partial charge in [-0.3, -0.25) is 9.69 Å². The molecule has 1 atom stereocenters. The molecule has 1 saturated heterocycles. The van der Waals surface area contributed by atoms with Crippen molar-refractivity contribution in [2.75, 3.05) is 26.4 Å². The van der Waals surface area contributed by atoms with Gasteiger partial charge in [0.05, 0.1) is 0 Å². The molecule has 1 unspecified atom stereocenters. The Morgan fingerprint density at radius 2 is 1.97 bits per heavy atom. The number of piperidine rings is 1. The van der Waals surface area contributed by atoms with E-state index in [2.05, 4.69) is 39.2 Å². The van der Waals surface area contributed by atoms with Gasteiger partial charge in [-0.15, -0.1) is 0 Å². The third-order valence-corrected chi connectivity index (χ3v) is 6.18. The quantitative estimate of drug-likeness (QED) is 0.623. The summed E-state index contributed by atoms with van der Waals surface area (Å²) in [6, 6.07) is 13.5. The van der Waals surface area contributed by atoms with Crippen molar-refractivity contribution in [3.63, 3.8) is 0 Å². The van der Waals surface area contributed by atoms with Gasteiger partial charge in [0.1, 0.15) is 0 Å². The van der Waals surface area contributed by atoms with Crippen molar-refractivity contribution >= 4 is 5.91 Å². The average Bonchev–Trinajstić information content (AvgIpc) is 3.31. The first kappa shape index (κ1) is 21.4. The number of hydrogen-bond acceptors (Lipinski definition) is 6. The monoisotopic (exact) mass is 444 g/mol. The second-order valence-electron chi connectivity index (χ2n) is 8.81. The Morgan fingerprint density at radius 1 is 1.12 bits per heavy atom. The average molecular weight is 445 g/mol. The van der Waals surface area contributed by atoms with Crippen molar-refractivity contribution in [2.24, 2.45) is 5.92 Å². The van der Waals surface area contributed by atoms with E-state index >= 15 is 0 Å². The first-order valence-corrected chi connectivity index (χ1v) is 11.4. The van der Waals surface area contributed by atoms with Crippen molar-refractivity contribution in [3.05, 3.63) is 71.5 Å². The molecule has 1 N–H and O–H groups in total. The molecule has 7 heteroatoms. The van der Waals surface area contributed by atoms with Gasteiger partial charge >= 0.3 is 0 Å². The highest BCUT2D eigenvalue weighted by atomic mass is 16.7. The van der Waals surface area contributed by atoms with Crippen LogP contribution >= 0.6 is 0 Å². The predicted molar refractivity (Wildman–Crippen MR) is 125 cm³/mol. The second kappa shape index (κ2) is 9.58. The van der Waals surface area contributed by atoms with Gasteiger partial charge < -0.3 is 14.8 Å². The lowest BCUT2D eigenvalue weighted by molar-refractivity contribution is 0.0930. The van der Waals surface area contributed by atoms with E-state index in [1.54, 1.807) is 18.2 Å². The SMILES string of the molecule is Cc1cccc(-c2ncc(CN3CCCC(CNC(=O)c4ccc5c(c4)OCO5)C3)cn2)c1. The molecule has 170 valence electrons. The van der Waals surface area contributed by atoms with Gasteiger partial charge in [-0.2, -0.15) is 0 Å². The lowest BCUT2D eigenvalue weighted by Crippen LogP contribution is -2.40. The largest absolute Gasteiger partial charge is 0.454 e. The smallest absolute Gasteiger partial charge is 0.251 e. The zero-order valence-electron chi connectivity index (χ0n) is 18.8. The molecule has 33 heavy (non-hydrogen) atoms. The molecule has 0 radical (unpaired) electrons. The van der Waals surface area contributed by atoms with Crippen LogP contribution in [0.3, 0.4) is 0 Å². The van der Waals surface area contributed by atoms with Gasteiger partial charge in [-0.1, -0.05) is 23.8 Å². The summed E-state index contributed by atoms with van der Waals surface area (Å²) in [7, 11) is 0. The number of rotatable bonds is 6. The van der Waals surface area contributed by atoms with E-state index in [4.69, 9.17) is 9.47 Å². The molecule has 2 aromatic carbocycles. The molecule has 3 heterocycles. The first-order valence-electron chi connectivity index (χ1n) is 11.4. The summed E-state index contributed by atoms with van der Waals surface area (Å²) in [5.74, 6) is 2.41. The molecule has 0 aliphatic carbocycles. The van der Waals surface area contributed by atoms with Crippen LogP contribution in [-0.2, 0) is 6.54 Å². The van der Waals surface area contributed by atoms with Gasteiger partial charge in [0.2, 0.25) is 6.79 Å². The van der Waals surface area contributed by atoms with Crippen LogP contribution in [0.1, 0.15) is 34.3 Å². The summed E-state index contributed by atoms with van der Waals surface area (Å²) in [6.07, 6.45) is 6.08. The Kier molecular flexibility index (Phi) is 6.21. The molecule has 2 aliphatic heterocycles. The van der Waals surface area contributed by atoms with E-state index in [9.17, 15) is 4.79 Å². The number of ether oxygens (including phenoxy) is 2. The molecule has 1 amide bonds. The summed E-state index contributed by atoms with van der Waals surface area (Å²) in [4.78, 5) is 24.2. The maximum atomic E-state index is 12.6. The highest BCUT2D eigenvalue weighted by Gasteiger charge is 2.22. The lowest BCUT2D eigenvalue weighted by Gasteiger charge is -2.32. The lowest BCUT2D eigenvalue weighted by atomic mass is 9.97. The normalized spacial score (nSPS) is 17.7. The van der Waals surface area contributed by atoms with E-state index in [1.807, 2.05) is 24.5 Å². The third kappa shape index (κ3) is 5.14. The zero-order valence-corrected chi connectivity index (χ0v) is 18.8. The van der Waals surface area contributed by atoms with Crippen LogP contribution < -0.4 is 14.8 Å². The molecular formula is C26H28N4O3. The summed E-state index contributed by atoms with van der Waals surface area (Å²) in [5.41, 5.74) is 3.94. The second-order valence-corrected chi connectivity index (χ2v) is 8.81. The fraction of sp³-hybridized carbons (Fsp3) is 0.346. The highest BCUT2D eigenvalue weighted by Crippen LogP contribution is 2.32. The minimum Gasteiger partial charge on any atom is -0.454 e. The molecule has 0 bridgehead atoms. The molecule has 5 rings (SSSR count). The van der Waals surface area contributed by atoms with Crippen molar-refractivity contribution < 1.29 is 14.3 Å². The molecule has 7 nitrogen and oxygen atoms in total. The Hall–Kier alpha value is -3.45. The van der Waals surface area contributed by atoms with Crippen LogP contribution in [-0.4, -0.2) is 47.2 Å². The van der Waals surface area contributed by atoms with Crippen LogP contribution in [0.5, 0.6) is 11.5 Å². The van der Waals surface area contributed by atoms with Crippen LogP contribution in [0.15, 0.2) is 54.9 Å². The Balaban J connectivity index is 1.13. The van der Waals surface area contributed by atoms with Crippen molar-refractivity contribution in [1.29, 1.82) is 0 Å². The fourth-order valence-corrected chi connectivity index (χ4v) is 4.47. The Morgan fingerprint density at radius 3 is 2.82 bits per heavy atom. The van der Waals surface area contributed by atoms with Gasteiger partial charge in [-0.05, 0) is 56.5 Å². The van der Waals surface area contributed by atoms with E-state index < -0.39 is 0 Å². The van der Waals surface area contributed by atoms with E-state index in [0.717, 1.165) is 49.4 Å². The minimum absolute atomic E-state index is 0.0782. The number of aryl methyl sites for hydroxylation is 1. The molecule has 1 aromatic heterocycles. The number of likely N-dealkylation sites (tertiary alicyclic amines) is 1. The first-order chi connectivity index (χ1) is 16.1. The van der Waals surface area contributed by atoms with Gasteiger partial charge in [0.15, 0.2) is 17.3 Å². The van der Waals surface area contributed by atoms with Gasteiger partial charge in [0.25, 0.3) is 5.91 Å². The molecule has 2 aliphatic rings. The third-order valence-electron chi connectivity index (χ3n) is 6.18. The standard InChI is InChI=1S/C26H28N4O3/c1-18-4-2-6-21(10-18)25-27-13-20(14-28-25)16-30-9-3-5-19(15-30)12-29-26(31)22-7-8-23-24(11-22)33-17-32-23/h2,4,6-8,10-11,13-14,19H,3,5,9,12,15-17H2,1H3,(H,29,31). The van der Waals surface area contributed by atoms with E-state index in [-0.39, 0.29) is 12.7 Å². The van der Waals surface area contributed by atoms with Crippen LogP contribution in [0.2, 0.25) is 0 Å². The highest BCUT2D eigenvalue weighted by molar-refractivity contribution is 5.94. The molecule has 3 aromatic rings. The number of carbonyl (C=O) groups is 1. The molecule has 0 saturated carbocycles. The van der Waals surface area contributed by atoms with Crippen LogP contribution in [0.4, 0.5) is 0 Å². The number of hydrogen-bond donors (Lipinski definition) is 1. The number of nitrogens with one attached hydrogen (secondary N) is 1. The fourth-order valence-electron chi connectivity index (χ4n) is 4.47. The number of benzene rings is 2. The predicted octanol–water partition coefficient (Wildman–Crippen LogP) is 3.82. The van der Waals surface area contributed by atoms with Crippen molar-refractivity contribution in [1.82, 2.24) is 20.2 Å². The summed E-state index contributed by atoms with van der Waals surface area (Å²) in [5, 5.41) is 3.09. The van der Waals surface area contributed by atoms with Crippen LogP contribution in [0, 0.1) is 12.8 Å². The number of amides is 1. The molecular weight excluding hydrogens is 416 g/mol. The van der Waals surface area contributed by atoms with E-state index in [0.29, 0.717) is 29.5 Å². The van der Waals surface area contributed by atoms with E-state index in [1.165, 1.54) is 5.56 Å². The number of aromatic nitrogens is 2. The topological polar surface area (TPSA) is 76.6 Å². The summed E-state index contributed by atoms with van der Waals surface area (Å²) in [6.45, 7) is 5.75.